The van der Waals surface area contributed by atoms with Gasteiger partial charge in [-0.15, -0.1) is 0 Å². The molecule has 77 valence electrons. The van der Waals surface area contributed by atoms with E-state index >= 15 is 0 Å². The van der Waals surface area contributed by atoms with Gasteiger partial charge >= 0.3 is 0 Å². The molecule has 2 rings (SSSR count). The van der Waals surface area contributed by atoms with Crippen LogP contribution in [0.5, 0.6) is 0 Å². The van der Waals surface area contributed by atoms with E-state index in [0.717, 1.165) is 17.2 Å². The lowest BCUT2D eigenvalue weighted by molar-refractivity contribution is 0.599. The molecule has 0 aliphatic carbocycles. The molecule has 0 atom stereocenters. The van der Waals surface area contributed by atoms with Crippen molar-refractivity contribution in [2.45, 2.75) is 5.03 Å². The molecule has 1 radical (unpaired) electrons. The molecule has 0 N–H and O–H groups in total. The summed E-state index contributed by atoms with van der Waals surface area (Å²) >= 11 is 0. The van der Waals surface area contributed by atoms with Crippen LogP contribution >= 0.6 is 0 Å². The molecular formula is C11H10NO2S. The van der Waals surface area contributed by atoms with Crippen molar-refractivity contribution in [2.24, 2.45) is 0 Å². The van der Waals surface area contributed by atoms with Crippen LogP contribution in [0.15, 0.2) is 35.4 Å². The highest BCUT2D eigenvalue weighted by Gasteiger charge is 2.08. The fraction of sp³-hybridized carbons (Fsp3) is 0.0909. The molecule has 0 aliphatic heterocycles. The van der Waals surface area contributed by atoms with Crippen molar-refractivity contribution < 1.29 is 8.42 Å². The second kappa shape index (κ2) is 3.31. The first-order chi connectivity index (χ1) is 6.97. The molecule has 1 heterocycles. The number of rotatable bonds is 1. The lowest BCUT2D eigenvalue weighted by Crippen LogP contribution is -2.00. The van der Waals surface area contributed by atoms with Gasteiger partial charge in [0.15, 0.2) is 14.9 Å². The molecule has 1 aromatic heterocycles. The summed E-state index contributed by atoms with van der Waals surface area (Å²) in [5.41, 5.74) is 1.56. The van der Waals surface area contributed by atoms with Gasteiger partial charge in [-0.1, -0.05) is 6.07 Å². The van der Waals surface area contributed by atoms with Gasteiger partial charge < -0.3 is 0 Å². The van der Waals surface area contributed by atoms with E-state index in [1.807, 2.05) is 6.07 Å². The number of sulfone groups is 1. The Morgan fingerprint density at radius 3 is 2.60 bits per heavy atom. The van der Waals surface area contributed by atoms with E-state index in [2.05, 4.69) is 11.9 Å². The topological polar surface area (TPSA) is 47.0 Å². The predicted octanol–water partition coefficient (Wildman–Crippen LogP) is 1.82. The normalized spacial score (nSPS) is 11.9. The quantitative estimate of drug-likeness (QED) is 0.736. The minimum atomic E-state index is -3.23. The molecule has 0 saturated carbocycles. The zero-order valence-electron chi connectivity index (χ0n) is 8.27. The molecule has 0 spiro atoms. The second-order valence-electron chi connectivity index (χ2n) is 3.45. The van der Waals surface area contributed by atoms with Crippen LogP contribution < -0.4 is 0 Å². The summed E-state index contributed by atoms with van der Waals surface area (Å²) in [4.78, 5) is 4.07. The predicted molar refractivity (Wildman–Crippen MR) is 59.3 cm³/mol. The van der Waals surface area contributed by atoms with Gasteiger partial charge in [0.2, 0.25) is 0 Å². The summed E-state index contributed by atoms with van der Waals surface area (Å²) in [6.07, 6.45) is 1.15. The first kappa shape index (κ1) is 10.1. The molecule has 0 amide bonds. The fourth-order valence-corrected chi connectivity index (χ4v) is 1.94. The average Bonchev–Trinajstić information content (AvgIpc) is 2.15. The Bertz CT molecular complexity index is 618. The maximum atomic E-state index is 11.3. The number of hydrogen-bond acceptors (Lipinski definition) is 3. The van der Waals surface area contributed by atoms with Gasteiger partial charge in [0.25, 0.3) is 0 Å². The van der Waals surface area contributed by atoms with Gasteiger partial charge in [0, 0.05) is 11.6 Å². The maximum Gasteiger partial charge on any atom is 0.192 e. The maximum absolute atomic E-state index is 11.3. The largest absolute Gasteiger partial charge is 0.236 e. The summed E-state index contributed by atoms with van der Waals surface area (Å²) in [6, 6.07) is 8.70. The van der Waals surface area contributed by atoms with Crippen molar-refractivity contribution in [3.63, 3.8) is 0 Å². The third-order valence-electron chi connectivity index (χ3n) is 2.11. The van der Waals surface area contributed by atoms with Crippen LogP contribution in [0.25, 0.3) is 10.9 Å². The number of nitrogens with zero attached hydrogens (tertiary/aromatic N) is 1. The lowest BCUT2D eigenvalue weighted by atomic mass is 10.1. The summed E-state index contributed by atoms with van der Waals surface area (Å²) in [5, 5.41) is 1.00. The van der Waals surface area contributed by atoms with E-state index in [0.29, 0.717) is 5.52 Å². The molecule has 0 aliphatic rings. The Balaban J connectivity index is 2.73. The van der Waals surface area contributed by atoms with Crippen molar-refractivity contribution >= 4 is 20.7 Å². The number of pyridine rings is 1. The highest BCUT2D eigenvalue weighted by atomic mass is 32.2. The van der Waals surface area contributed by atoms with Crippen molar-refractivity contribution in [3.8, 4) is 0 Å². The summed E-state index contributed by atoms with van der Waals surface area (Å²) in [6.45, 7) is 3.80. The van der Waals surface area contributed by atoms with Crippen LogP contribution in [0.1, 0.15) is 5.56 Å². The van der Waals surface area contributed by atoms with E-state index in [-0.39, 0.29) is 5.03 Å². The van der Waals surface area contributed by atoms with Gasteiger partial charge in [0.1, 0.15) is 0 Å². The van der Waals surface area contributed by atoms with Crippen molar-refractivity contribution in [2.75, 3.05) is 6.26 Å². The molecule has 15 heavy (non-hydrogen) atoms. The van der Waals surface area contributed by atoms with Gasteiger partial charge in [-0.3, -0.25) is 0 Å². The summed E-state index contributed by atoms with van der Waals surface area (Å²) in [7, 11) is -3.23. The van der Waals surface area contributed by atoms with Gasteiger partial charge in [0.05, 0.1) is 5.52 Å². The standard InChI is InChI=1S/C11H10NO2S/c1-8-3-5-10-9(7-8)4-6-11(12-10)15(2,13)14/h3-7H,1H2,2H3. The molecule has 4 heteroatoms. The molecular weight excluding hydrogens is 210 g/mol. The van der Waals surface area contributed by atoms with E-state index < -0.39 is 9.84 Å². The smallest absolute Gasteiger partial charge is 0.192 e. The van der Waals surface area contributed by atoms with Crippen LogP contribution in [-0.2, 0) is 9.84 Å². The number of fused-ring (bicyclic) bond motifs is 1. The third-order valence-corrected chi connectivity index (χ3v) is 3.10. The van der Waals surface area contributed by atoms with Crippen LogP contribution in [0.4, 0.5) is 0 Å². The Hall–Kier alpha value is -1.42. The Morgan fingerprint density at radius 2 is 1.93 bits per heavy atom. The molecule has 2 aromatic rings. The number of hydrogen-bond donors (Lipinski definition) is 0. The van der Waals surface area contributed by atoms with Crippen molar-refractivity contribution in [3.05, 3.63) is 42.8 Å². The minimum absolute atomic E-state index is 0.104. The van der Waals surface area contributed by atoms with E-state index in [1.54, 1.807) is 18.2 Å². The first-order valence-electron chi connectivity index (χ1n) is 4.40. The third kappa shape index (κ3) is 1.99. The first-order valence-corrected chi connectivity index (χ1v) is 6.29. The zero-order chi connectivity index (χ0) is 11.1. The molecule has 0 bridgehead atoms. The summed E-state index contributed by atoms with van der Waals surface area (Å²) in [5.74, 6) is 0. The zero-order valence-corrected chi connectivity index (χ0v) is 9.08. The Morgan fingerprint density at radius 1 is 1.20 bits per heavy atom. The highest BCUT2D eigenvalue weighted by molar-refractivity contribution is 7.90. The van der Waals surface area contributed by atoms with Crippen LogP contribution in [-0.4, -0.2) is 19.7 Å². The van der Waals surface area contributed by atoms with Crippen LogP contribution in [0.3, 0.4) is 0 Å². The average molecular weight is 220 g/mol. The Kier molecular flexibility index (Phi) is 2.23. The number of aromatic nitrogens is 1. The Labute approximate surface area is 88.7 Å². The van der Waals surface area contributed by atoms with E-state index in [4.69, 9.17) is 0 Å². The van der Waals surface area contributed by atoms with Crippen LogP contribution in [0, 0.1) is 6.92 Å². The highest BCUT2D eigenvalue weighted by Crippen LogP contribution is 2.16. The van der Waals surface area contributed by atoms with E-state index in [9.17, 15) is 8.42 Å². The van der Waals surface area contributed by atoms with Gasteiger partial charge in [-0.05, 0) is 36.8 Å². The summed E-state index contributed by atoms with van der Waals surface area (Å²) < 4.78 is 22.5. The SMILES string of the molecule is [CH2]c1ccc2nc(S(C)(=O)=O)ccc2c1. The fourth-order valence-electron chi connectivity index (χ4n) is 1.36. The van der Waals surface area contributed by atoms with Gasteiger partial charge in [-0.2, -0.15) is 0 Å². The molecule has 0 unspecified atom stereocenters. The van der Waals surface area contributed by atoms with Gasteiger partial charge in [-0.25, -0.2) is 13.4 Å². The van der Waals surface area contributed by atoms with E-state index in [1.165, 1.54) is 6.07 Å². The molecule has 0 fully saturated rings. The minimum Gasteiger partial charge on any atom is -0.236 e. The van der Waals surface area contributed by atoms with Crippen LogP contribution in [0.2, 0.25) is 0 Å². The lowest BCUT2D eigenvalue weighted by Gasteiger charge is -2.01. The number of benzene rings is 1. The molecule has 1 aromatic carbocycles. The van der Waals surface area contributed by atoms with Crippen molar-refractivity contribution in [1.29, 1.82) is 0 Å². The van der Waals surface area contributed by atoms with Crippen molar-refractivity contribution in [1.82, 2.24) is 4.98 Å². The molecule has 0 saturated heterocycles. The monoisotopic (exact) mass is 220 g/mol. The second-order valence-corrected chi connectivity index (χ2v) is 5.41. The molecule has 3 nitrogen and oxygen atoms in total.